The van der Waals surface area contributed by atoms with E-state index in [1.807, 2.05) is 0 Å². The Hall–Kier alpha value is -0.860. The van der Waals surface area contributed by atoms with Crippen molar-refractivity contribution < 1.29 is 4.74 Å². The van der Waals surface area contributed by atoms with Crippen molar-refractivity contribution in [2.24, 2.45) is 5.41 Å². The van der Waals surface area contributed by atoms with Crippen molar-refractivity contribution in [2.75, 3.05) is 13.2 Å². The van der Waals surface area contributed by atoms with E-state index in [2.05, 4.69) is 43.4 Å². The highest BCUT2D eigenvalue weighted by atomic mass is 16.5. The summed E-state index contributed by atoms with van der Waals surface area (Å²) >= 11 is 0. The highest BCUT2D eigenvalue weighted by molar-refractivity contribution is 5.32. The molecule has 1 saturated heterocycles. The van der Waals surface area contributed by atoms with Crippen molar-refractivity contribution in [3.63, 3.8) is 0 Å². The van der Waals surface area contributed by atoms with E-state index in [1.54, 1.807) is 0 Å². The molecule has 0 aromatic heterocycles. The zero-order valence-corrected chi connectivity index (χ0v) is 10.7. The fourth-order valence-electron chi connectivity index (χ4n) is 3.12. The molecular formula is C15H21NO. The Morgan fingerprint density at radius 1 is 1.29 bits per heavy atom. The smallest absolute Gasteiger partial charge is 0.0980 e. The van der Waals surface area contributed by atoms with E-state index in [0.717, 1.165) is 19.6 Å². The molecule has 2 heteroatoms. The molecule has 2 nitrogen and oxygen atoms in total. The number of hydrogen-bond acceptors (Lipinski definition) is 2. The number of hydrogen-bond donors (Lipinski definition) is 1. The zero-order valence-electron chi connectivity index (χ0n) is 10.7. The van der Waals surface area contributed by atoms with Crippen LogP contribution in [0.5, 0.6) is 0 Å². The van der Waals surface area contributed by atoms with Crippen LogP contribution >= 0.6 is 0 Å². The van der Waals surface area contributed by atoms with Gasteiger partial charge in [0.1, 0.15) is 0 Å². The van der Waals surface area contributed by atoms with Crippen molar-refractivity contribution in [1.82, 2.24) is 5.32 Å². The Kier molecular flexibility index (Phi) is 2.72. The number of benzene rings is 1. The van der Waals surface area contributed by atoms with E-state index in [-0.39, 0.29) is 6.10 Å². The van der Waals surface area contributed by atoms with Gasteiger partial charge in [0.2, 0.25) is 0 Å². The van der Waals surface area contributed by atoms with Crippen LogP contribution in [0.15, 0.2) is 24.3 Å². The van der Waals surface area contributed by atoms with Gasteiger partial charge in [-0.3, -0.25) is 0 Å². The van der Waals surface area contributed by atoms with Crippen LogP contribution in [0, 0.1) is 5.41 Å². The second kappa shape index (κ2) is 4.11. The summed E-state index contributed by atoms with van der Waals surface area (Å²) in [5.74, 6) is 0. The number of ether oxygens (including phenoxy) is 1. The molecular weight excluding hydrogens is 210 g/mol. The van der Waals surface area contributed by atoms with Crippen LogP contribution in [0.2, 0.25) is 0 Å². The van der Waals surface area contributed by atoms with Crippen molar-refractivity contribution in [3.05, 3.63) is 35.4 Å². The number of rotatable bonds is 1. The van der Waals surface area contributed by atoms with E-state index >= 15 is 0 Å². The van der Waals surface area contributed by atoms with Crippen molar-refractivity contribution >= 4 is 0 Å². The highest BCUT2D eigenvalue weighted by Gasteiger charge is 2.37. The fraction of sp³-hybridized carbons (Fsp3) is 0.600. The minimum atomic E-state index is 0.252. The van der Waals surface area contributed by atoms with E-state index in [1.165, 1.54) is 17.5 Å². The second-order valence-corrected chi connectivity index (χ2v) is 6.10. The molecule has 1 aromatic carbocycles. The molecule has 1 fully saturated rings. The topological polar surface area (TPSA) is 21.3 Å². The maximum atomic E-state index is 6.02. The maximum absolute atomic E-state index is 6.02. The third kappa shape index (κ3) is 2.12. The van der Waals surface area contributed by atoms with Gasteiger partial charge in [0.05, 0.1) is 12.7 Å². The molecule has 2 atom stereocenters. The maximum Gasteiger partial charge on any atom is 0.0980 e. The van der Waals surface area contributed by atoms with Crippen LogP contribution in [0.1, 0.15) is 37.5 Å². The normalized spacial score (nSPS) is 31.2. The molecule has 0 saturated carbocycles. The van der Waals surface area contributed by atoms with Crippen molar-refractivity contribution in [2.45, 2.75) is 38.8 Å². The summed E-state index contributed by atoms with van der Waals surface area (Å²) in [5.41, 5.74) is 3.27. The first-order valence-corrected chi connectivity index (χ1v) is 6.58. The first kappa shape index (κ1) is 11.2. The van der Waals surface area contributed by atoms with Crippen LogP contribution in [-0.4, -0.2) is 19.2 Å². The minimum Gasteiger partial charge on any atom is -0.372 e. The molecule has 0 radical (unpaired) electrons. The van der Waals surface area contributed by atoms with E-state index < -0.39 is 0 Å². The average molecular weight is 231 g/mol. The van der Waals surface area contributed by atoms with Crippen molar-refractivity contribution in [3.8, 4) is 0 Å². The quantitative estimate of drug-likeness (QED) is 0.802. The third-order valence-corrected chi connectivity index (χ3v) is 4.01. The SMILES string of the molecule is CC1(C)CN[C@@H]([C@H]2OCCc3ccccc32)C1. The molecule has 2 aliphatic heterocycles. The summed E-state index contributed by atoms with van der Waals surface area (Å²) in [6.45, 7) is 6.61. The summed E-state index contributed by atoms with van der Waals surface area (Å²) in [5, 5.41) is 3.63. The fourth-order valence-corrected chi connectivity index (χ4v) is 3.12. The molecule has 2 aliphatic rings. The first-order chi connectivity index (χ1) is 8.16. The van der Waals surface area contributed by atoms with Crippen LogP contribution in [0.3, 0.4) is 0 Å². The van der Waals surface area contributed by atoms with E-state index in [0.29, 0.717) is 11.5 Å². The van der Waals surface area contributed by atoms with Gasteiger partial charge in [0.25, 0.3) is 0 Å². The zero-order chi connectivity index (χ0) is 11.9. The van der Waals surface area contributed by atoms with Gasteiger partial charge in [-0.25, -0.2) is 0 Å². The summed E-state index contributed by atoms with van der Waals surface area (Å²) in [7, 11) is 0. The van der Waals surface area contributed by atoms with Crippen LogP contribution in [0.25, 0.3) is 0 Å². The molecule has 0 spiro atoms. The molecule has 3 rings (SSSR count). The van der Waals surface area contributed by atoms with Gasteiger partial charge in [-0.15, -0.1) is 0 Å². The monoisotopic (exact) mass is 231 g/mol. The van der Waals surface area contributed by atoms with Crippen LogP contribution in [-0.2, 0) is 11.2 Å². The lowest BCUT2D eigenvalue weighted by Crippen LogP contribution is -2.33. The molecule has 17 heavy (non-hydrogen) atoms. The molecule has 92 valence electrons. The molecule has 1 N–H and O–H groups in total. The predicted molar refractivity (Wildman–Crippen MR) is 69.0 cm³/mol. The molecule has 0 bridgehead atoms. The Balaban J connectivity index is 1.86. The standard InChI is InChI=1S/C15H21NO/c1-15(2)9-13(16-10-15)14-12-6-4-3-5-11(12)7-8-17-14/h3-6,13-14,16H,7-10H2,1-2H3/t13-,14+/m1/s1. The summed E-state index contributed by atoms with van der Waals surface area (Å²) < 4.78 is 6.02. The van der Waals surface area contributed by atoms with Gasteiger partial charge < -0.3 is 10.1 Å². The Labute approximate surface area is 103 Å². The molecule has 2 heterocycles. The molecule has 0 amide bonds. The molecule has 0 unspecified atom stereocenters. The van der Waals surface area contributed by atoms with Crippen LogP contribution < -0.4 is 5.32 Å². The third-order valence-electron chi connectivity index (χ3n) is 4.01. The Morgan fingerprint density at radius 2 is 2.12 bits per heavy atom. The van der Waals surface area contributed by atoms with Gasteiger partial charge >= 0.3 is 0 Å². The Morgan fingerprint density at radius 3 is 2.88 bits per heavy atom. The average Bonchev–Trinajstić information content (AvgIpc) is 2.69. The predicted octanol–water partition coefficient (Wildman–Crippen LogP) is 2.69. The summed E-state index contributed by atoms with van der Waals surface area (Å²) in [6.07, 6.45) is 2.51. The lowest BCUT2D eigenvalue weighted by molar-refractivity contribution is 0.0181. The largest absolute Gasteiger partial charge is 0.372 e. The van der Waals surface area contributed by atoms with Crippen LogP contribution in [0.4, 0.5) is 0 Å². The first-order valence-electron chi connectivity index (χ1n) is 6.58. The van der Waals surface area contributed by atoms with E-state index in [4.69, 9.17) is 4.74 Å². The van der Waals surface area contributed by atoms with Gasteiger partial charge in [0.15, 0.2) is 0 Å². The lowest BCUT2D eigenvalue weighted by atomic mass is 9.86. The van der Waals surface area contributed by atoms with Gasteiger partial charge in [0, 0.05) is 12.6 Å². The highest BCUT2D eigenvalue weighted by Crippen LogP contribution is 2.37. The molecule has 0 aliphatic carbocycles. The van der Waals surface area contributed by atoms with E-state index in [9.17, 15) is 0 Å². The summed E-state index contributed by atoms with van der Waals surface area (Å²) in [6, 6.07) is 9.21. The summed E-state index contributed by atoms with van der Waals surface area (Å²) in [4.78, 5) is 0. The van der Waals surface area contributed by atoms with Crippen molar-refractivity contribution in [1.29, 1.82) is 0 Å². The Bertz CT molecular complexity index is 413. The van der Waals surface area contributed by atoms with Gasteiger partial charge in [-0.05, 0) is 29.4 Å². The molecule has 1 aromatic rings. The minimum absolute atomic E-state index is 0.252. The second-order valence-electron chi connectivity index (χ2n) is 6.10. The van der Waals surface area contributed by atoms with Gasteiger partial charge in [-0.2, -0.15) is 0 Å². The van der Waals surface area contributed by atoms with Gasteiger partial charge in [-0.1, -0.05) is 38.1 Å². The number of fused-ring (bicyclic) bond motifs is 1. The number of nitrogens with one attached hydrogen (secondary N) is 1. The lowest BCUT2D eigenvalue weighted by Gasteiger charge is -2.31.